The first-order valence-electron chi connectivity index (χ1n) is 6.29. The highest BCUT2D eigenvalue weighted by molar-refractivity contribution is 5.57. The van der Waals surface area contributed by atoms with Gasteiger partial charge in [-0.25, -0.2) is 0 Å². The summed E-state index contributed by atoms with van der Waals surface area (Å²) in [5.74, 6) is 7.41. The summed E-state index contributed by atoms with van der Waals surface area (Å²) < 4.78 is 15.4. The molecule has 0 amide bonds. The van der Waals surface area contributed by atoms with Crippen LogP contribution < -0.4 is 14.2 Å². The van der Waals surface area contributed by atoms with E-state index in [4.69, 9.17) is 14.2 Å². The molecule has 108 valence electrons. The maximum absolute atomic E-state index is 9.85. The number of phenolic OH excluding ortho intramolecular Hbond substituents is 1. The van der Waals surface area contributed by atoms with Crippen LogP contribution in [-0.2, 0) is 0 Å². The van der Waals surface area contributed by atoms with Crippen LogP contribution in [0, 0.1) is 11.8 Å². The van der Waals surface area contributed by atoms with Crippen molar-refractivity contribution in [3.05, 3.63) is 47.5 Å². The first-order valence-corrected chi connectivity index (χ1v) is 6.29. The zero-order valence-corrected chi connectivity index (χ0v) is 12.1. The summed E-state index contributed by atoms with van der Waals surface area (Å²) in [7, 11) is 4.57. The third kappa shape index (κ3) is 3.40. The molecule has 21 heavy (non-hydrogen) atoms. The molecule has 0 saturated heterocycles. The van der Waals surface area contributed by atoms with Crippen molar-refractivity contribution in [2.75, 3.05) is 21.3 Å². The molecule has 4 nitrogen and oxygen atoms in total. The van der Waals surface area contributed by atoms with Crippen molar-refractivity contribution >= 4 is 0 Å². The predicted octanol–water partition coefficient (Wildman–Crippen LogP) is 2.82. The summed E-state index contributed by atoms with van der Waals surface area (Å²) in [4.78, 5) is 0. The highest BCUT2D eigenvalue weighted by Gasteiger charge is 2.09. The minimum atomic E-state index is -0.0352. The van der Waals surface area contributed by atoms with E-state index in [0.717, 1.165) is 11.3 Å². The van der Waals surface area contributed by atoms with Crippen LogP contribution in [0.15, 0.2) is 36.4 Å². The second-order valence-electron chi connectivity index (χ2n) is 4.21. The molecule has 0 aliphatic rings. The van der Waals surface area contributed by atoms with E-state index >= 15 is 0 Å². The normalized spacial score (nSPS) is 9.48. The molecule has 0 spiro atoms. The molecule has 0 radical (unpaired) electrons. The van der Waals surface area contributed by atoms with Gasteiger partial charge in [-0.3, -0.25) is 0 Å². The van der Waals surface area contributed by atoms with Gasteiger partial charge < -0.3 is 19.3 Å². The van der Waals surface area contributed by atoms with Crippen molar-refractivity contribution in [1.29, 1.82) is 0 Å². The first kappa shape index (κ1) is 14.6. The van der Waals surface area contributed by atoms with Gasteiger partial charge in [0.1, 0.15) is 5.75 Å². The van der Waals surface area contributed by atoms with Gasteiger partial charge in [0.15, 0.2) is 11.5 Å². The Balaban J connectivity index is 2.37. The SMILES string of the molecule is COc1cccc(C#Cc2cc(OC)c(O)c(OC)c2)c1. The van der Waals surface area contributed by atoms with E-state index in [1.807, 2.05) is 24.3 Å². The van der Waals surface area contributed by atoms with E-state index in [9.17, 15) is 5.11 Å². The lowest BCUT2D eigenvalue weighted by molar-refractivity contribution is 0.339. The summed E-state index contributed by atoms with van der Waals surface area (Å²) in [5.41, 5.74) is 1.52. The van der Waals surface area contributed by atoms with Crippen LogP contribution in [0.1, 0.15) is 11.1 Å². The monoisotopic (exact) mass is 284 g/mol. The maximum atomic E-state index is 9.85. The Morgan fingerprint density at radius 3 is 2.00 bits per heavy atom. The zero-order chi connectivity index (χ0) is 15.2. The summed E-state index contributed by atoms with van der Waals surface area (Å²) in [6, 6.07) is 10.8. The average Bonchev–Trinajstić information content (AvgIpc) is 2.54. The Labute approximate surface area is 123 Å². The number of ether oxygens (including phenoxy) is 3. The number of hydrogen-bond donors (Lipinski definition) is 1. The molecule has 0 aliphatic heterocycles. The van der Waals surface area contributed by atoms with Crippen molar-refractivity contribution in [2.45, 2.75) is 0 Å². The minimum absolute atomic E-state index is 0.0352. The summed E-state index contributed by atoms with van der Waals surface area (Å²) in [5, 5.41) is 9.85. The van der Waals surface area contributed by atoms with Gasteiger partial charge >= 0.3 is 0 Å². The van der Waals surface area contributed by atoms with Gasteiger partial charge in [-0.2, -0.15) is 0 Å². The van der Waals surface area contributed by atoms with Crippen molar-refractivity contribution in [2.24, 2.45) is 0 Å². The Morgan fingerprint density at radius 1 is 0.810 bits per heavy atom. The van der Waals surface area contributed by atoms with Crippen LogP contribution in [0.4, 0.5) is 0 Å². The fraction of sp³-hybridized carbons (Fsp3) is 0.176. The van der Waals surface area contributed by atoms with Crippen LogP contribution >= 0.6 is 0 Å². The molecule has 0 aromatic heterocycles. The largest absolute Gasteiger partial charge is 0.502 e. The summed E-state index contributed by atoms with van der Waals surface area (Å²) in [6.07, 6.45) is 0. The lowest BCUT2D eigenvalue weighted by Gasteiger charge is -2.08. The number of hydrogen-bond acceptors (Lipinski definition) is 4. The van der Waals surface area contributed by atoms with Crippen molar-refractivity contribution < 1.29 is 19.3 Å². The van der Waals surface area contributed by atoms with E-state index in [-0.39, 0.29) is 5.75 Å². The van der Waals surface area contributed by atoms with Crippen molar-refractivity contribution in [1.82, 2.24) is 0 Å². The third-order valence-corrected chi connectivity index (χ3v) is 2.90. The molecule has 0 saturated carbocycles. The van der Waals surface area contributed by atoms with E-state index in [2.05, 4.69) is 11.8 Å². The molecule has 0 bridgehead atoms. The molecule has 4 heteroatoms. The third-order valence-electron chi connectivity index (χ3n) is 2.90. The van der Waals surface area contributed by atoms with Gasteiger partial charge in [0, 0.05) is 11.1 Å². The molecule has 1 N–H and O–H groups in total. The van der Waals surface area contributed by atoms with E-state index in [0.29, 0.717) is 17.1 Å². The molecule has 2 aromatic carbocycles. The van der Waals surface area contributed by atoms with Crippen LogP contribution in [0.25, 0.3) is 0 Å². The molecule has 2 rings (SSSR count). The first-order chi connectivity index (χ1) is 10.2. The molecule has 0 atom stereocenters. The van der Waals surface area contributed by atoms with Crippen LogP contribution in [0.5, 0.6) is 23.0 Å². The predicted molar refractivity (Wildman–Crippen MR) is 80.2 cm³/mol. The lowest BCUT2D eigenvalue weighted by Crippen LogP contribution is -1.90. The van der Waals surface area contributed by atoms with Gasteiger partial charge in [-0.05, 0) is 30.3 Å². The number of aromatic hydroxyl groups is 1. The van der Waals surface area contributed by atoms with Gasteiger partial charge in [0.2, 0.25) is 5.75 Å². The smallest absolute Gasteiger partial charge is 0.200 e. The number of benzene rings is 2. The second kappa shape index (κ2) is 6.58. The molecule has 0 heterocycles. The summed E-state index contributed by atoms with van der Waals surface area (Å²) >= 11 is 0. The number of rotatable bonds is 3. The van der Waals surface area contributed by atoms with E-state index < -0.39 is 0 Å². The Bertz CT molecular complexity index is 670. The minimum Gasteiger partial charge on any atom is -0.502 e. The Hall–Kier alpha value is -2.80. The average molecular weight is 284 g/mol. The van der Waals surface area contributed by atoms with Gasteiger partial charge in [-0.15, -0.1) is 0 Å². The highest BCUT2D eigenvalue weighted by Crippen LogP contribution is 2.36. The summed E-state index contributed by atoms with van der Waals surface area (Å²) in [6.45, 7) is 0. The molecule has 0 aliphatic carbocycles. The fourth-order valence-corrected chi connectivity index (χ4v) is 1.81. The van der Waals surface area contributed by atoms with E-state index in [1.165, 1.54) is 14.2 Å². The van der Waals surface area contributed by atoms with Crippen LogP contribution in [-0.4, -0.2) is 26.4 Å². The maximum Gasteiger partial charge on any atom is 0.200 e. The topological polar surface area (TPSA) is 47.9 Å². The quantitative estimate of drug-likeness (QED) is 0.880. The zero-order valence-electron chi connectivity index (χ0n) is 12.1. The molecule has 0 fully saturated rings. The van der Waals surface area contributed by atoms with Crippen LogP contribution in [0.3, 0.4) is 0 Å². The molecule has 0 unspecified atom stereocenters. The van der Waals surface area contributed by atoms with Gasteiger partial charge in [-0.1, -0.05) is 17.9 Å². The molecular weight excluding hydrogens is 268 g/mol. The lowest BCUT2D eigenvalue weighted by atomic mass is 10.1. The van der Waals surface area contributed by atoms with Crippen molar-refractivity contribution in [3.63, 3.8) is 0 Å². The number of methoxy groups -OCH3 is 3. The Morgan fingerprint density at radius 2 is 1.43 bits per heavy atom. The molecular formula is C17H16O4. The standard InChI is InChI=1S/C17H16O4/c1-19-14-6-4-5-12(9-14)7-8-13-10-15(20-2)17(18)16(11-13)21-3/h4-6,9-11,18H,1-3H3. The van der Waals surface area contributed by atoms with Gasteiger partial charge in [0.05, 0.1) is 21.3 Å². The van der Waals surface area contributed by atoms with Crippen molar-refractivity contribution in [3.8, 4) is 34.8 Å². The van der Waals surface area contributed by atoms with Gasteiger partial charge in [0.25, 0.3) is 0 Å². The molecule has 2 aromatic rings. The fourth-order valence-electron chi connectivity index (χ4n) is 1.81. The van der Waals surface area contributed by atoms with Crippen LogP contribution in [0.2, 0.25) is 0 Å². The second-order valence-corrected chi connectivity index (χ2v) is 4.21. The Kier molecular flexibility index (Phi) is 4.57. The highest BCUT2D eigenvalue weighted by atomic mass is 16.5. The van der Waals surface area contributed by atoms with E-state index in [1.54, 1.807) is 19.2 Å². The number of phenols is 1.